The van der Waals surface area contributed by atoms with Crippen LogP contribution in [0.5, 0.6) is 11.5 Å². The van der Waals surface area contributed by atoms with Crippen LogP contribution in [-0.2, 0) is 11.2 Å². The largest absolute Gasteiger partial charge is 0.493 e. The molecule has 0 aromatic heterocycles. The third-order valence-corrected chi connectivity index (χ3v) is 3.99. The smallest absolute Gasteiger partial charge is 0.311 e. The fraction of sp³-hybridized carbons (Fsp3) is 0.235. The predicted molar refractivity (Wildman–Crippen MR) is 87.8 cm³/mol. The molecule has 0 spiro atoms. The lowest BCUT2D eigenvalue weighted by Crippen LogP contribution is -2.14. The minimum atomic E-state index is -0.850. The molecule has 0 saturated heterocycles. The number of carbonyl (C=O) groups is 1. The van der Waals surface area contributed by atoms with Crippen LogP contribution in [-0.4, -0.2) is 25.3 Å². The molecule has 0 aliphatic rings. The van der Waals surface area contributed by atoms with Gasteiger partial charge in [-0.2, -0.15) is 0 Å². The van der Waals surface area contributed by atoms with E-state index in [1.807, 2.05) is 36.4 Å². The summed E-state index contributed by atoms with van der Waals surface area (Å²) in [6.45, 7) is 0. The summed E-state index contributed by atoms with van der Waals surface area (Å²) in [5.74, 6) is -0.231. The van der Waals surface area contributed by atoms with Crippen molar-refractivity contribution in [3.8, 4) is 11.5 Å². The van der Waals surface area contributed by atoms with Crippen LogP contribution in [0.3, 0.4) is 0 Å². The van der Waals surface area contributed by atoms with Crippen molar-refractivity contribution in [2.75, 3.05) is 14.2 Å². The minimum Gasteiger partial charge on any atom is -0.493 e. The van der Waals surface area contributed by atoms with Gasteiger partial charge in [0.05, 0.1) is 20.1 Å². The molecule has 0 heterocycles. The molecule has 0 fully saturated rings. The number of methoxy groups -OCH3 is 2. The highest BCUT2D eigenvalue weighted by Gasteiger charge is 2.21. The van der Waals surface area contributed by atoms with E-state index >= 15 is 0 Å². The first-order valence-corrected chi connectivity index (χ1v) is 7.53. The molecule has 0 bridgehead atoms. The van der Waals surface area contributed by atoms with Gasteiger partial charge in [-0.1, -0.05) is 34.1 Å². The first-order valence-electron chi connectivity index (χ1n) is 6.74. The molecule has 1 atom stereocenters. The summed E-state index contributed by atoms with van der Waals surface area (Å²) in [6, 6.07) is 12.8. The molecule has 22 heavy (non-hydrogen) atoms. The quantitative estimate of drug-likeness (QED) is 0.844. The number of carboxylic acids is 1. The molecule has 1 unspecified atom stereocenters. The Labute approximate surface area is 137 Å². The van der Waals surface area contributed by atoms with Gasteiger partial charge in [-0.15, -0.1) is 0 Å². The topological polar surface area (TPSA) is 55.8 Å². The molecule has 0 saturated carbocycles. The molecule has 0 aliphatic heterocycles. The summed E-state index contributed by atoms with van der Waals surface area (Å²) < 4.78 is 11.4. The molecule has 2 aromatic carbocycles. The monoisotopic (exact) mass is 364 g/mol. The number of benzene rings is 2. The van der Waals surface area contributed by atoms with Crippen LogP contribution < -0.4 is 9.47 Å². The Morgan fingerprint density at radius 2 is 1.73 bits per heavy atom. The van der Waals surface area contributed by atoms with Crippen molar-refractivity contribution in [2.45, 2.75) is 12.3 Å². The van der Waals surface area contributed by atoms with E-state index in [2.05, 4.69) is 15.9 Å². The number of ether oxygens (including phenoxy) is 2. The fourth-order valence-corrected chi connectivity index (χ4v) is 2.55. The van der Waals surface area contributed by atoms with E-state index in [0.717, 1.165) is 15.6 Å². The number of hydrogen-bond acceptors (Lipinski definition) is 3. The average molecular weight is 365 g/mol. The van der Waals surface area contributed by atoms with Crippen molar-refractivity contribution < 1.29 is 19.4 Å². The standard InChI is InChI=1S/C17H17BrO4/c1-21-15-8-3-11(10-16(15)22-2)9-14(17(19)20)12-4-6-13(18)7-5-12/h3-8,10,14H,9H2,1-2H3,(H,19,20). The Bertz CT molecular complexity index is 652. The second-order valence-corrected chi connectivity index (χ2v) is 5.75. The van der Waals surface area contributed by atoms with E-state index in [9.17, 15) is 9.90 Å². The molecule has 116 valence electrons. The van der Waals surface area contributed by atoms with Gasteiger partial charge in [0.2, 0.25) is 0 Å². The second-order valence-electron chi connectivity index (χ2n) is 4.84. The van der Waals surface area contributed by atoms with Gasteiger partial charge in [-0.25, -0.2) is 0 Å². The molecule has 2 aromatic rings. The van der Waals surface area contributed by atoms with Gasteiger partial charge in [0.25, 0.3) is 0 Å². The fourth-order valence-electron chi connectivity index (χ4n) is 2.29. The summed E-state index contributed by atoms with van der Waals surface area (Å²) in [5.41, 5.74) is 1.65. The average Bonchev–Trinajstić information content (AvgIpc) is 2.53. The normalized spacial score (nSPS) is 11.8. The van der Waals surface area contributed by atoms with Crippen LogP contribution >= 0.6 is 15.9 Å². The molecular formula is C17H17BrO4. The third-order valence-electron chi connectivity index (χ3n) is 3.46. The van der Waals surface area contributed by atoms with E-state index in [1.54, 1.807) is 20.3 Å². The highest BCUT2D eigenvalue weighted by Crippen LogP contribution is 2.30. The molecule has 5 heteroatoms. The highest BCUT2D eigenvalue weighted by molar-refractivity contribution is 9.10. The Morgan fingerprint density at radius 1 is 1.09 bits per heavy atom. The zero-order valence-electron chi connectivity index (χ0n) is 12.4. The Kier molecular flexibility index (Phi) is 5.44. The summed E-state index contributed by atoms with van der Waals surface area (Å²) in [5, 5.41) is 9.52. The number of halogens is 1. The Balaban J connectivity index is 2.28. The molecule has 4 nitrogen and oxygen atoms in total. The van der Waals surface area contributed by atoms with E-state index in [0.29, 0.717) is 17.9 Å². The predicted octanol–water partition coefficient (Wildman–Crippen LogP) is 3.88. The maximum atomic E-state index is 11.6. The molecule has 0 amide bonds. The van der Waals surface area contributed by atoms with Crippen molar-refractivity contribution in [2.24, 2.45) is 0 Å². The van der Waals surface area contributed by atoms with Crippen molar-refractivity contribution in [3.63, 3.8) is 0 Å². The number of rotatable bonds is 6. The summed E-state index contributed by atoms with van der Waals surface area (Å²) in [6.07, 6.45) is 0.386. The summed E-state index contributed by atoms with van der Waals surface area (Å²) >= 11 is 3.36. The Hall–Kier alpha value is -2.01. The van der Waals surface area contributed by atoms with E-state index in [4.69, 9.17) is 9.47 Å². The first-order chi connectivity index (χ1) is 10.5. The highest BCUT2D eigenvalue weighted by atomic mass is 79.9. The maximum Gasteiger partial charge on any atom is 0.311 e. The zero-order chi connectivity index (χ0) is 16.1. The number of aliphatic carboxylic acids is 1. The SMILES string of the molecule is COc1ccc(CC(C(=O)O)c2ccc(Br)cc2)cc1OC. The van der Waals surface area contributed by atoms with Crippen LogP contribution in [0.15, 0.2) is 46.9 Å². The van der Waals surface area contributed by atoms with Crippen molar-refractivity contribution in [1.82, 2.24) is 0 Å². The van der Waals surface area contributed by atoms with Crippen LogP contribution in [0.25, 0.3) is 0 Å². The summed E-state index contributed by atoms with van der Waals surface area (Å²) in [4.78, 5) is 11.6. The van der Waals surface area contributed by atoms with Gasteiger partial charge in [-0.05, 0) is 41.8 Å². The van der Waals surface area contributed by atoms with Gasteiger partial charge in [0.1, 0.15) is 0 Å². The lowest BCUT2D eigenvalue weighted by molar-refractivity contribution is -0.138. The van der Waals surface area contributed by atoms with Gasteiger partial charge < -0.3 is 14.6 Å². The molecule has 1 N–H and O–H groups in total. The van der Waals surface area contributed by atoms with Crippen molar-refractivity contribution in [1.29, 1.82) is 0 Å². The van der Waals surface area contributed by atoms with Crippen LogP contribution in [0, 0.1) is 0 Å². The number of carboxylic acid groups (broad SMARTS) is 1. The molecule has 0 aliphatic carbocycles. The van der Waals surface area contributed by atoms with E-state index < -0.39 is 11.9 Å². The van der Waals surface area contributed by atoms with Crippen LogP contribution in [0.4, 0.5) is 0 Å². The lowest BCUT2D eigenvalue weighted by Gasteiger charge is -2.15. The van der Waals surface area contributed by atoms with Gasteiger partial charge in [0.15, 0.2) is 11.5 Å². The zero-order valence-corrected chi connectivity index (χ0v) is 14.0. The minimum absolute atomic E-state index is 0.386. The van der Waals surface area contributed by atoms with Crippen molar-refractivity contribution in [3.05, 3.63) is 58.1 Å². The second kappa shape index (κ2) is 7.31. The summed E-state index contributed by atoms with van der Waals surface area (Å²) in [7, 11) is 3.13. The molecule has 0 radical (unpaired) electrons. The van der Waals surface area contributed by atoms with Gasteiger partial charge >= 0.3 is 5.97 Å². The van der Waals surface area contributed by atoms with E-state index in [-0.39, 0.29) is 0 Å². The molecule has 2 rings (SSSR count). The van der Waals surface area contributed by atoms with E-state index in [1.165, 1.54) is 0 Å². The van der Waals surface area contributed by atoms with Crippen LogP contribution in [0.2, 0.25) is 0 Å². The molecular weight excluding hydrogens is 348 g/mol. The maximum absolute atomic E-state index is 11.6. The van der Waals surface area contributed by atoms with Gasteiger partial charge in [-0.3, -0.25) is 4.79 Å². The van der Waals surface area contributed by atoms with Crippen molar-refractivity contribution >= 4 is 21.9 Å². The third kappa shape index (κ3) is 3.80. The Morgan fingerprint density at radius 3 is 2.27 bits per heavy atom. The first kappa shape index (κ1) is 16.4. The van der Waals surface area contributed by atoms with Gasteiger partial charge in [0, 0.05) is 4.47 Å². The lowest BCUT2D eigenvalue weighted by atomic mass is 9.92. The number of hydrogen-bond donors (Lipinski definition) is 1. The van der Waals surface area contributed by atoms with Crippen LogP contribution in [0.1, 0.15) is 17.0 Å².